The highest BCUT2D eigenvalue weighted by Crippen LogP contribution is 2.13. The standard InChI is InChI=1S/C17H37N/c1-5-8-11-14-17(15-12-9-6-2)18-16(4)13-10-7-3/h16-18H,5-15H2,1-4H3. The van der Waals surface area contributed by atoms with E-state index in [0.717, 1.165) is 6.04 Å². The van der Waals surface area contributed by atoms with Crippen molar-refractivity contribution in [1.29, 1.82) is 0 Å². The van der Waals surface area contributed by atoms with Gasteiger partial charge in [-0.15, -0.1) is 0 Å². The predicted molar refractivity (Wildman–Crippen MR) is 84.2 cm³/mol. The van der Waals surface area contributed by atoms with Crippen molar-refractivity contribution >= 4 is 0 Å². The lowest BCUT2D eigenvalue weighted by Crippen LogP contribution is -2.36. The van der Waals surface area contributed by atoms with Crippen LogP contribution in [0.5, 0.6) is 0 Å². The zero-order valence-corrected chi connectivity index (χ0v) is 13.4. The molecule has 0 radical (unpaired) electrons. The quantitative estimate of drug-likeness (QED) is 0.417. The Morgan fingerprint density at radius 1 is 0.667 bits per heavy atom. The molecule has 0 heterocycles. The molecular weight excluding hydrogens is 218 g/mol. The third-order valence-corrected chi connectivity index (χ3v) is 3.82. The zero-order valence-electron chi connectivity index (χ0n) is 13.4. The van der Waals surface area contributed by atoms with Crippen LogP contribution in [0.4, 0.5) is 0 Å². The molecule has 0 aromatic carbocycles. The highest BCUT2D eigenvalue weighted by Gasteiger charge is 2.11. The van der Waals surface area contributed by atoms with E-state index in [1.807, 2.05) is 0 Å². The lowest BCUT2D eigenvalue weighted by Gasteiger charge is -2.23. The minimum Gasteiger partial charge on any atom is -0.312 e. The Morgan fingerprint density at radius 2 is 1.17 bits per heavy atom. The smallest absolute Gasteiger partial charge is 0.00695 e. The molecule has 110 valence electrons. The number of hydrogen-bond donors (Lipinski definition) is 1. The van der Waals surface area contributed by atoms with E-state index >= 15 is 0 Å². The number of rotatable bonds is 13. The molecule has 0 rings (SSSR count). The minimum atomic E-state index is 0.707. The van der Waals surface area contributed by atoms with Crippen LogP contribution in [-0.4, -0.2) is 12.1 Å². The topological polar surface area (TPSA) is 12.0 Å². The molecule has 0 saturated carbocycles. The van der Waals surface area contributed by atoms with Crippen molar-refractivity contribution in [3.63, 3.8) is 0 Å². The van der Waals surface area contributed by atoms with Crippen LogP contribution in [0.25, 0.3) is 0 Å². The van der Waals surface area contributed by atoms with Crippen molar-refractivity contribution < 1.29 is 0 Å². The van der Waals surface area contributed by atoms with E-state index in [4.69, 9.17) is 0 Å². The lowest BCUT2D eigenvalue weighted by molar-refractivity contribution is 0.365. The second-order valence-electron chi connectivity index (χ2n) is 5.90. The van der Waals surface area contributed by atoms with Gasteiger partial charge in [0.2, 0.25) is 0 Å². The summed E-state index contributed by atoms with van der Waals surface area (Å²) in [5.41, 5.74) is 0. The van der Waals surface area contributed by atoms with Gasteiger partial charge >= 0.3 is 0 Å². The Labute approximate surface area is 116 Å². The van der Waals surface area contributed by atoms with Crippen LogP contribution in [0.1, 0.15) is 98.3 Å². The second-order valence-corrected chi connectivity index (χ2v) is 5.90. The maximum Gasteiger partial charge on any atom is 0.00695 e. The fourth-order valence-electron chi connectivity index (χ4n) is 2.59. The van der Waals surface area contributed by atoms with Gasteiger partial charge in [0.25, 0.3) is 0 Å². The highest BCUT2D eigenvalue weighted by molar-refractivity contribution is 4.72. The van der Waals surface area contributed by atoms with Crippen LogP contribution in [0, 0.1) is 0 Å². The van der Waals surface area contributed by atoms with Gasteiger partial charge in [-0.1, -0.05) is 72.1 Å². The summed E-state index contributed by atoms with van der Waals surface area (Å²) in [7, 11) is 0. The molecule has 1 heteroatoms. The van der Waals surface area contributed by atoms with Crippen LogP contribution >= 0.6 is 0 Å². The van der Waals surface area contributed by atoms with Crippen molar-refractivity contribution in [1.82, 2.24) is 5.32 Å². The van der Waals surface area contributed by atoms with E-state index in [1.54, 1.807) is 0 Å². The third kappa shape index (κ3) is 11.1. The Balaban J connectivity index is 3.85. The summed E-state index contributed by atoms with van der Waals surface area (Å²) in [6.45, 7) is 9.24. The molecule has 0 aliphatic carbocycles. The fourth-order valence-corrected chi connectivity index (χ4v) is 2.59. The molecule has 1 unspecified atom stereocenters. The van der Waals surface area contributed by atoms with Crippen LogP contribution in [0.15, 0.2) is 0 Å². The monoisotopic (exact) mass is 255 g/mol. The van der Waals surface area contributed by atoms with Crippen LogP contribution in [0.2, 0.25) is 0 Å². The molecule has 1 nitrogen and oxygen atoms in total. The third-order valence-electron chi connectivity index (χ3n) is 3.82. The van der Waals surface area contributed by atoms with Crippen molar-refractivity contribution in [2.24, 2.45) is 0 Å². The van der Waals surface area contributed by atoms with E-state index in [9.17, 15) is 0 Å². The Morgan fingerprint density at radius 3 is 1.61 bits per heavy atom. The molecule has 0 spiro atoms. The van der Waals surface area contributed by atoms with Gasteiger partial charge < -0.3 is 5.32 Å². The summed E-state index contributed by atoms with van der Waals surface area (Å²) >= 11 is 0. The molecule has 0 aliphatic rings. The zero-order chi connectivity index (χ0) is 13.6. The second kappa shape index (κ2) is 13.4. The maximum absolute atomic E-state index is 3.87. The van der Waals surface area contributed by atoms with Gasteiger partial charge in [-0.25, -0.2) is 0 Å². The summed E-state index contributed by atoms with van der Waals surface area (Å²) in [5.74, 6) is 0. The first kappa shape index (κ1) is 18.0. The predicted octanol–water partition coefficient (Wildman–Crippen LogP) is 5.68. The molecule has 1 atom stereocenters. The van der Waals surface area contributed by atoms with Gasteiger partial charge in [-0.05, 0) is 26.2 Å². The van der Waals surface area contributed by atoms with Gasteiger partial charge in [-0.2, -0.15) is 0 Å². The summed E-state index contributed by atoms with van der Waals surface area (Å²) in [6.07, 6.45) is 15.1. The maximum atomic E-state index is 3.87. The van der Waals surface area contributed by atoms with Crippen molar-refractivity contribution in [3.05, 3.63) is 0 Å². The lowest BCUT2D eigenvalue weighted by atomic mass is 10.0. The Kier molecular flexibility index (Phi) is 13.4. The first-order valence-electron chi connectivity index (χ1n) is 8.50. The molecule has 0 saturated heterocycles. The van der Waals surface area contributed by atoms with Crippen molar-refractivity contribution in [2.75, 3.05) is 0 Å². The van der Waals surface area contributed by atoms with Crippen molar-refractivity contribution in [2.45, 2.75) is 110 Å². The number of nitrogens with one attached hydrogen (secondary N) is 1. The largest absolute Gasteiger partial charge is 0.312 e. The molecule has 0 amide bonds. The normalized spacial score (nSPS) is 13.2. The fraction of sp³-hybridized carbons (Fsp3) is 1.00. The summed E-state index contributed by atoms with van der Waals surface area (Å²) in [4.78, 5) is 0. The SMILES string of the molecule is CCCCCC(CCCCC)NC(C)CCCC. The molecule has 0 bridgehead atoms. The molecule has 0 fully saturated rings. The average Bonchev–Trinajstić information content (AvgIpc) is 2.36. The van der Waals surface area contributed by atoms with Gasteiger partial charge in [0.15, 0.2) is 0 Å². The molecule has 18 heavy (non-hydrogen) atoms. The molecule has 0 aromatic rings. The van der Waals surface area contributed by atoms with E-state index in [-0.39, 0.29) is 0 Å². The number of unbranched alkanes of at least 4 members (excludes halogenated alkanes) is 5. The minimum absolute atomic E-state index is 0.707. The van der Waals surface area contributed by atoms with Crippen molar-refractivity contribution in [3.8, 4) is 0 Å². The van der Waals surface area contributed by atoms with Gasteiger partial charge in [-0.3, -0.25) is 0 Å². The van der Waals surface area contributed by atoms with E-state index in [0.29, 0.717) is 6.04 Å². The van der Waals surface area contributed by atoms with E-state index < -0.39 is 0 Å². The van der Waals surface area contributed by atoms with Crippen LogP contribution < -0.4 is 5.32 Å². The molecule has 1 N–H and O–H groups in total. The summed E-state index contributed by atoms with van der Waals surface area (Å²) in [5, 5.41) is 3.87. The van der Waals surface area contributed by atoms with Crippen LogP contribution in [0.3, 0.4) is 0 Å². The molecular formula is C17H37N. The highest BCUT2D eigenvalue weighted by atomic mass is 14.9. The average molecular weight is 255 g/mol. The van der Waals surface area contributed by atoms with Gasteiger partial charge in [0.1, 0.15) is 0 Å². The van der Waals surface area contributed by atoms with E-state index in [1.165, 1.54) is 70.6 Å². The first-order valence-corrected chi connectivity index (χ1v) is 8.50. The van der Waals surface area contributed by atoms with Gasteiger partial charge in [0, 0.05) is 12.1 Å². The summed E-state index contributed by atoms with van der Waals surface area (Å²) in [6, 6.07) is 1.48. The van der Waals surface area contributed by atoms with E-state index in [2.05, 4.69) is 33.0 Å². The van der Waals surface area contributed by atoms with Crippen LogP contribution in [-0.2, 0) is 0 Å². The summed E-state index contributed by atoms with van der Waals surface area (Å²) < 4.78 is 0. The Bertz CT molecular complexity index is 146. The number of hydrogen-bond acceptors (Lipinski definition) is 1. The molecule has 0 aromatic heterocycles. The first-order chi connectivity index (χ1) is 8.74. The van der Waals surface area contributed by atoms with Gasteiger partial charge in [0.05, 0.1) is 0 Å². The Hall–Kier alpha value is -0.0400. The molecule has 0 aliphatic heterocycles.